The van der Waals surface area contributed by atoms with E-state index < -0.39 is 17.8 Å². The van der Waals surface area contributed by atoms with Crippen molar-refractivity contribution in [1.29, 1.82) is 0 Å². The van der Waals surface area contributed by atoms with Crippen LogP contribution in [0.25, 0.3) is 0 Å². The molecule has 7 nitrogen and oxygen atoms in total. The molecule has 4 rings (SSSR count). The second-order valence-electron chi connectivity index (χ2n) is 14.9. The van der Waals surface area contributed by atoms with Gasteiger partial charge in [-0.1, -0.05) is 73.5 Å². The number of carbonyl (C=O) groups is 1. The van der Waals surface area contributed by atoms with Crippen LogP contribution in [0.2, 0.25) is 0 Å². The zero-order valence-corrected chi connectivity index (χ0v) is 31.7. The topological polar surface area (TPSA) is 97.3 Å². The summed E-state index contributed by atoms with van der Waals surface area (Å²) in [6, 6.07) is -0.259. The maximum absolute atomic E-state index is 12.3. The minimum absolute atomic E-state index is 0. The molecule has 1 amide bonds. The third kappa shape index (κ3) is 4.71. The Labute approximate surface area is 278 Å². The van der Waals surface area contributed by atoms with Crippen LogP contribution in [0, 0.1) is 102 Å². The molecule has 0 spiro atoms. The maximum Gasteiger partial charge on any atom is 0.407 e. The molecule has 3 aliphatic carbocycles. The van der Waals surface area contributed by atoms with Gasteiger partial charge in [0, 0.05) is 67.9 Å². The van der Waals surface area contributed by atoms with Crippen molar-refractivity contribution < 1.29 is 73.6 Å². The predicted molar refractivity (Wildman–Crippen MR) is 152 cm³/mol. The molecular weight excluding hydrogens is 721 g/mol. The van der Waals surface area contributed by atoms with Crippen molar-refractivity contribution in [2.24, 2.45) is 57.7 Å². The van der Waals surface area contributed by atoms with Gasteiger partial charge in [0.1, 0.15) is 11.7 Å². The fourth-order valence-corrected chi connectivity index (χ4v) is 10.3. The minimum Gasteiger partial charge on any atom is -0.453 e. The van der Waals surface area contributed by atoms with E-state index >= 15 is 0 Å². The number of nitrogens with one attached hydrogen (secondary N) is 1. The first-order chi connectivity index (χ1) is 17.9. The number of alkyl carbamates (subject to hydrolysis) is 1. The number of methoxy groups -OCH3 is 1. The molecule has 2 bridgehead atoms. The minimum atomic E-state index is -0.823. The van der Waals surface area contributed by atoms with E-state index in [1.165, 1.54) is 18.3 Å². The van der Waals surface area contributed by atoms with Crippen LogP contribution in [0.4, 0.5) is 4.79 Å². The molecule has 2 saturated carbocycles. The molecule has 3 fully saturated rings. The average Bonchev–Trinajstić information content (AvgIpc) is 2.87. The van der Waals surface area contributed by atoms with E-state index in [0.29, 0.717) is 18.4 Å². The molecule has 1 heterocycles. The molecule has 0 aromatic heterocycles. The summed E-state index contributed by atoms with van der Waals surface area (Å²) in [4.78, 5) is 17.3. The number of allylic oxidation sites excluding steroid dienone is 1. The summed E-state index contributed by atoms with van der Waals surface area (Å²) in [7, 11) is 1.36. The second-order valence-corrected chi connectivity index (χ2v) is 14.9. The number of amides is 1. The summed E-state index contributed by atoms with van der Waals surface area (Å²) >= 11 is 0. The number of fused-ring (bicyclic) bond motifs is 5. The van der Waals surface area contributed by atoms with Crippen molar-refractivity contribution in [3.8, 4) is 0 Å². The van der Waals surface area contributed by atoms with Crippen LogP contribution in [-0.4, -0.2) is 54.0 Å². The van der Waals surface area contributed by atoms with Crippen molar-refractivity contribution in [2.45, 2.75) is 113 Å². The summed E-state index contributed by atoms with van der Waals surface area (Å²) in [5.41, 5.74) is 1.58. The fourth-order valence-electron chi connectivity index (χ4n) is 10.3. The van der Waals surface area contributed by atoms with Gasteiger partial charge in [0.05, 0.1) is 19.8 Å². The van der Waals surface area contributed by atoms with Crippen LogP contribution in [0.1, 0.15) is 89.0 Å². The molecule has 11 unspecified atom stereocenters. The standard InChI is InChI=1S/C32H55NO6.Ac/c1-16-13-24-32(35,15-38-24)27-21(6)30(10)14-23(26(39-36)18(3)22(7)33-28(34)37-12)19(4)25(29(30,8)9)17(2)20(5)31(16,27)11;/h16-18,20-24,26-27,35-36H,13-15H2,1-12H3,(H,33,34);/t16?,17?,18?,20?,21?,22?,23?,24?,26-,27?,30?,31-,32?;/m0./s1. The molecule has 40 heavy (non-hydrogen) atoms. The molecule has 1 radical (unpaired) electrons. The number of ether oxygens (including phenoxy) is 2. The Balaban J connectivity index is 0.00000441. The van der Waals surface area contributed by atoms with Crippen molar-refractivity contribution in [1.82, 2.24) is 5.32 Å². The number of rotatable bonds is 5. The molecule has 0 aromatic carbocycles. The number of aliphatic hydroxyl groups is 1. The van der Waals surface area contributed by atoms with Gasteiger partial charge >= 0.3 is 6.09 Å². The van der Waals surface area contributed by atoms with Gasteiger partial charge in [0.15, 0.2) is 0 Å². The molecule has 13 atom stereocenters. The number of carbonyl (C=O) groups excluding carboxylic acids is 1. The average molecular weight is 777 g/mol. The molecular formula is C32H55AcNO6. The quantitative estimate of drug-likeness (QED) is 0.172. The Bertz CT molecular complexity index is 1000. The second kappa shape index (κ2) is 11.7. The molecule has 0 aromatic rings. The summed E-state index contributed by atoms with van der Waals surface area (Å²) in [5, 5.41) is 25.5. The summed E-state index contributed by atoms with van der Waals surface area (Å²) in [6.45, 7) is 25.8. The molecule has 1 saturated heterocycles. The SMILES string of the molecule is COC(=O)NC(C)C(C)[C@H](OO)C1CC2(C)C(C)C3C4(O)COC4CC(C)[C@@]3(C)C(C)C(C)C(=C1C)C2(C)C.[Ac]. The third-order valence-corrected chi connectivity index (χ3v) is 13.7. The Hall–Kier alpha value is 0.292. The Morgan fingerprint density at radius 2 is 1.70 bits per heavy atom. The fraction of sp³-hybridized carbons (Fsp3) is 0.906. The molecule has 8 heteroatoms. The van der Waals surface area contributed by atoms with Gasteiger partial charge in [-0.05, 0) is 66.6 Å². The number of hydrogen-bond acceptors (Lipinski definition) is 6. The Morgan fingerprint density at radius 1 is 1.10 bits per heavy atom. The van der Waals surface area contributed by atoms with E-state index in [1.807, 2.05) is 13.8 Å². The largest absolute Gasteiger partial charge is 0.453 e. The normalized spacial score (nSPS) is 46.2. The zero-order valence-electron chi connectivity index (χ0n) is 27.0. The monoisotopic (exact) mass is 776 g/mol. The van der Waals surface area contributed by atoms with E-state index in [9.17, 15) is 15.2 Å². The van der Waals surface area contributed by atoms with E-state index in [4.69, 9.17) is 14.4 Å². The predicted octanol–water partition coefficient (Wildman–Crippen LogP) is 6.31. The van der Waals surface area contributed by atoms with E-state index in [0.717, 1.165) is 12.8 Å². The van der Waals surface area contributed by atoms with Gasteiger partial charge in [-0.3, -0.25) is 5.26 Å². The number of hydrogen-bond donors (Lipinski definition) is 3. The van der Waals surface area contributed by atoms with Crippen molar-refractivity contribution >= 4 is 6.09 Å². The van der Waals surface area contributed by atoms with Gasteiger partial charge in [-0.25, -0.2) is 9.68 Å². The first kappa shape index (κ1) is 34.8. The van der Waals surface area contributed by atoms with Gasteiger partial charge in [-0.2, -0.15) is 0 Å². The smallest absolute Gasteiger partial charge is 0.407 e. The first-order valence-electron chi connectivity index (χ1n) is 15.1. The van der Waals surface area contributed by atoms with Crippen LogP contribution in [0.5, 0.6) is 0 Å². The van der Waals surface area contributed by atoms with Crippen LogP contribution in [-0.2, 0) is 14.4 Å². The van der Waals surface area contributed by atoms with Crippen LogP contribution >= 0.6 is 0 Å². The zero-order chi connectivity index (χ0) is 29.5. The van der Waals surface area contributed by atoms with Crippen LogP contribution < -0.4 is 5.32 Å². The molecule has 227 valence electrons. The van der Waals surface area contributed by atoms with Gasteiger partial charge in [0.2, 0.25) is 0 Å². The van der Waals surface area contributed by atoms with Crippen molar-refractivity contribution in [3.05, 3.63) is 11.1 Å². The molecule has 4 aliphatic rings. The van der Waals surface area contributed by atoms with Crippen molar-refractivity contribution in [3.63, 3.8) is 0 Å². The van der Waals surface area contributed by atoms with Crippen LogP contribution in [0.3, 0.4) is 0 Å². The van der Waals surface area contributed by atoms with Gasteiger partial charge in [0.25, 0.3) is 0 Å². The first-order valence-corrected chi connectivity index (χ1v) is 15.1. The van der Waals surface area contributed by atoms with Crippen molar-refractivity contribution in [2.75, 3.05) is 13.7 Å². The molecule has 3 N–H and O–H groups in total. The van der Waals surface area contributed by atoms with Gasteiger partial charge in [-0.15, -0.1) is 0 Å². The molecule has 1 aliphatic heterocycles. The maximum atomic E-state index is 12.3. The summed E-state index contributed by atoms with van der Waals surface area (Å²) in [5.74, 6) is 1.12. The van der Waals surface area contributed by atoms with Gasteiger partial charge < -0.3 is 19.9 Å². The summed E-state index contributed by atoms with van der Waals surface area (Å²) in [6.07, 6.45) is 0.626. The summed E-state index contributed by atoms with van der Waals surface area (Å²) < 4.78 is 10.8. The van der Waals surface area contributed by atoms with E-state index in [1.54, 1.807) is 0 Å². The van der Waals surface area contributed by atoms with E-state index in [-0.39, 0.29) is 102 Å². The Morgan fingerprint density at radius 3 is 2.20 bits per heavy atom. The Kier molecular flexibility index (Phi) is 10.1. The van der Waals surface area contributed by atoms with E-state index in [2.05, 4.69) is 67.6 Å². The third-order valence-electron chi connectivity index (χ3n) is 13.7. The van der Waals surface area contributed by atoms with Crippen LogP contribution in [0.15, 0.2) is 11.1 Å².